The molecule has 0 aromatic heterocycles. The maximum Gasteiger partial charge on any atom is 0.340 e. The highest BCUT2D eigenvalue weighted by Gasteiger charge is 2.36. The second-order valence-electron chi connectivity index (χ2n) is 1.69. The van der Waals surface area contributed by atoms with Crippen molar-refractivity contribution < 1.29 is 9.90 Å². The fraction of sp³-hybridized carbons (Fsp3) is 0.750. The first-order valence-electron chi connectivity index (χ1n) is 2.24. The predicted molar refractivity (Wildman–Crippen MR) is 35.7 cm³/mol. The van der Waals surface area contributed by atoms with E-state index in [1.165, 1.54) is 6.92 Å². The predicted octanol–water partition coefficient (Wildman–Crippen LogP) is 0.592. The minimum absolute atomic E-state index is 0.795. The molecule has 54 valence electrons. The van der Waals surface area contributed by atoms with Crippen LogP contribution in [0.3, 0.4) is 0 Å². The largest absolute Gasteiger partial charge is 0.479 e. The highest BCUT2D eigenvalue weighted by atomic mass is 35.5. The third-order valence-corrected chi connectivity index (χ3v) is 1.85. The molecule has 0 aliphatic heterocycles. The van der Waals surface area contributed by atoms with E-state index in [2.05, 4.69) is 0 Å². The molecule has 0 saturated carbocycles. The number of carboxylic acid groups (broad SMARTS) is 1. The molecule has 9 heavy (non-hydrogen) atoms. The van der Waals surface area contributed by atoms with Crippen molar-refractivity contribution in [3.63, 3.8) is 0 Å². The van der Waals surface area contributed by atoms with Gasteiger partial charge in [0, 0.05) is 0 Å². The summed E-state index contributed by atoms with van der Waals surface area (Å²) >= 11 is 10.6. The molecule has 3 N–H and O–H groups in total. The van der Waals surface area contributed by atoms with Crippen molar-refractivity contribution in [3.8, 4) is 0 Å². The number of hydrogen-bond acceptors (Lipinski definition) is 2. The monoisotopic (exact) mass is 171 g/mol. The molecule has 0 bridgehead atoms. The van der Waals surface area contributed by atoms with Gasteiger partial charge in [-0.3, -0.25) is 0 Å². The summed E-state index contributed by atoms with van der Waals surface area (Å²) in [5.41, 5.74) is 5.04. The number of carbonyl (C=O) groups is 1. The van der Waals surface area contributed by atoms with Gasteiger partial charge in [-0.15, -0.1) is 11.6 Å². The van der Waals surface area contributed by atoms with Gasteiger partial charge in [-0.1, -0.05) is 11.6 Å². The van der Waals surface area contributed by atoms with Crippen LogP contribution >= 0.6 is 23.2 Å². The highest BCUT2D eigenvalue weighted by molar-refractivity contribution is 6.39. The van der Waals surface area contributed by atoms with Gasteiger partial charge < -0.3 is 10.8 Å². The van der Waals surface area contributed by atoms with Gasteiger partial charge in [-0.25, -0.2) is 4.79 Å². The third kappa shape index (κ3) is 2.01. The summed E-state index contributed by atoms with van der Waals surface area (Å²) in [7, 11) is 0. The van der Waals surface area contributed by atoms with Crippen molar-refractivity contribution in [1.29, 1.82) is 0 Å². The van der Waals surface area contributed by atoms with Crippen LogP contribution in [0, 0.1) is 0 Å². The molecule has 0 radical (unpaired) electrons. The van der Waals surface area contributed by atoms with Crippen LogP contribution in [0.4, 0.5) is 0 Å². The van der Waals surface area contributed by atoms with Gasteiger partial charge in [0.15, 0.2) is 0 Å². The quantitative estimate of drug-likeness (QED) is 0.473. The molecule has 2 atom stereocenters. The molecule has 0 spiro atoms. The average Bonchev–Trinajstić information content (AvgIpc) is 1.65. The fourth-order valence-corrected chi connectivity index (χ4v) is 0.263. The van der Waals surface area contributed by atoms with Crippen molar-refractivity contribution in [2.45, 2.75) is 17.3 Å². The van der Waals surface area contributed by atoms with Gasteiger partial charge in [0.05, 0.1) is 5.38 Å². The molecule has 0 heterocycles. The number of carboxylic acids is 1. The number of alkyl halides is 2. The van der Waals surface area contributed by atoms with E-state index in [1.807, 2.05) is 0 Å². The van der Waals surface area contributed by atoms with Crippen molar-refractivity contribution >= 4 is 29.2 Å². The van der Waals surface area contributed by atoms with Crippen molar-refractivity contribution in [2.24, 2.45) is 5.73 Å². The molecule has 0 rings (SSSR count). The lowest BCUT2D eigenvalue weighted by molar-refractivity contribution is -0.140. The summed E-state index contributed by atoms with van der Waals surface area (Å²) in [6.07, 6.45) is 0. The molecular formula is C4H7Cl2NO2. The van der Waals surface area contributed by atoms with Crippen LogP contribution < -0.4 is 5.73 Å². The Morgan fingerprint density at radius 1 is 1.89 bits per heavy atom. The fourth-order valence-electron chi connectivity index (χ4n) is 0.170. The standard InChI is InChI=1S/C4H7Cl2NO2/c1-2(5)4(6,7)3(8)9/h2H,7H2,1H3,(H,8,9). The average molecular weight is 172 g/mol. The second-order valence-corrected chi connectivity index (χ2v) is 2.97. The minimum atomic E-state index is -1.85. The molecule has 0 aromatic carbocycles. The van der Waals surface area contributed by atoms with Crippen LogP contribution in [0.25, 0.3) is 0 Å². The molecule has 0 fully saturated rings. The zero-order valence-corrected chi connectivity index (χ0v) is 6.28. The van der Waals surface area contributed by atoms with E-state index < -0.39 is 16.3 Å². The van der Waals surface area contributed by atoms with Gasteiger partial charge in [0.2, 0.25) is 5.00 Å². The summed E-state index contributed by atoms with van der Waals surface area (Å²) in [6, 6.07) is 0. The van der Waals surface area contributed by atoms with Crippen LogP contribution in [0.1, 0.15) is 6.92 Å². The van der Waals surface area contributed by atoms with Gasteiger partial charge in [0.25, 0.3) is 0 Å². The lowest BCUT2D eigenvalue weighted by Crippen LogP contribution is -2.48. The van der Waals surface area contributed by atoms with Gasteiger partial charge >= 0.3 is 5.97 Å². The number of aliphatic carboxylic acids is 1. The summed E-state index contributed by atoms with van der Waals surface area (Å²) in [5, 5.41) is 7.48. The Labute approximate surface area is 62.7 Å². The highest BCUT2D eigenvalue weighted by Crippen LogP contribution is 2.17. The third-order valence-electron chi connectivity index (χ3n) is 0.907. The summed E-state index contributed by atoms with van der Waals surface area (Å²) in [4.78, 5) is 8.28. The van der Waals surface area contributed by atoms with Crippen LogP contribution in [-0.2, 0) is 4.79 Å². The Hall–Kier alpha value is 0.01000. The first-order valence-corrected chi connectivity index (χ1v) is 3.05. The Kier molecular flexibility index (Phi) is 2.73. The summed E-state index contributed by atoms with van der Waals surface area (Å²) in [5.74, 6) is -1.31. The van der Waals surface area contributed by atoms with Crippen molar-refractivity contribution in [1.82, 2.24) is 0 Å². The number of halogens is 2. The Balaban J connectivity index is 4.19. The molecule has 0 amide bonds. The smallest absolute Gasteiger partial charge is 0.340 e. The molecule has 3 nitrogen and oxygen atoms in total. The van der Waals surface area contributed by atoms with Gasteiger partial charge in [-0.05, 0) is 6.92 Å². The van der Waals surface area contributed by atoms with E-state index in [4.69, 9.17) is 34.0 Å². The number of hydrogen-bond donors (Lipinski definition) is 2. The maximum absolute atomic E-state index is 10.1. The second kappa shape index (κ2) is 2.73. The number of rotatable bonds is 2. The van der Waals surface area contributed by atoms with Crippen molar-refractivity contribution in [2.75, 3.05) is 0 Å². The Morgan fingerprint density at radius 3 is 2.22 bits per heavy atom. The zero-order valence-electron chi connectivity index (χ0n) is 4.77. The SMILES string of the molecule is CC(Cl)C(N)(Cl)C(=O)O. The van der Waals surface area contributed by atoms with E-state index in [-0.39, 0.29) is 0 Å². The number of nitrogens with two attached hydrogens (primary N) is 1. The lowest BCUT2D eigenvalue weighted by Gasteiger charge is -2.18. The molecule has 0 aliphatic rings. The molecular weight excluding hydrogens is 165 g/mol. The topological polar surface area (TPSA) is 63.3 Å². The Morgan fingerprint density at radius 2 is 2.22 bits per heavy atom. The van der Waals surface area contributed by atoms with Crippen LogP contribution in [0.2, 0.25) is 0 Å². The van der Waals surface area contributed by atoms with Crippen LogP contribution in [0.15, 0.2) is 0 Å². The molecule has 0 saturated heterocycles. The molecule has 0 aliphatic carbocycles. The van der Waals surface area contributed by atoms with Crippen LogP contribution in [0.5, 0.6) is 0 Å². The lowest BCUT2D eigenvalue weighted by atomic mass is 10.2. The van der Waals surface area contributed by atoms with E-state index in [1.54, 1.807) is 0 Å². The van der Waals surface area contributed by atoms with Crippen molar-refractivity contribution in [3.05, 3.63) is 0 Å². The summed E-state index contributed by atoms with van der Waals surface area (Å²) < 4.78 is 0. The Bertz CT molecular complexity index is 124. The van der Waals surface area contributed by atoms with Gasteiger partial charge in [0.1, 0.15) is 0 Å². The van der Waals surface area contributed by atoms with E-state index in [9.17, 15) is 4.79 Å². The van der Waals surface area contributed by atoms with E-state index in [0.717, 1.165) is 0 Å². The molecule has 2 unspecified atom stereocenters. The maximum atomic E-state index is 10.1. The zero-order chi connectivity index (χ0) is 7.65. The minimum Gasteiger partial charge on any atom is -0.479 e. The normalized spacial score (nSPS) is 20.4. The first kappa shape index (κ1) is 9.01. The molecule has 5 heteroatoms. The van der Waals surface area contributed by atoms with Crippen LogP contribution in [-0.4, -0.2) is 21.5 Å². The van der Waals surface area contributed by atoms with E-state index >= 15 is 0 Å². The van der Waals surface area contributed by atoms with E-state index in [0.29, 0.717) is 0 Å². The van der Waals surface area contributed by atoms with Gasteiger partial charge in [-0.2, -0.15) is 0 Å². The first-order chi connectivity index (χ1) is 3.89. The summed E-state index contributed by atoms with van der Waals surface area (Å²) in [6.45, 7) is 1.42. The molecule has 0 aromatic rings.